The Morgan fingerprint density at radius 1 is 1.07 bits per heavy atom. The molecule has 4 N–H and O–H groups in total. The minimum atomic E-state index is -0.819. The summed E-state index contributed by atoms with van der Waals surface area (Å²) in [6.45, 7) is 9.00. The molecule has 44 heavy (non-hydrogen) atoms. The van der Waals surface area contributed by atoms with Crippen molar-refractivity contribution in [3.8, 4) is 0 Å². The highest BCUT2D eigenvalue weighted by Gasteiger charge is 2.40. The zero-order chi connectivity index (χ0) is 31.3. The van der Waals surface area contributed by atoms with Gasteiger partial charge in [0, 0.05) is 44.5 Å². The number of nitrogen functional groups attached to an aromatic ring is 1. The number of nitrogens with zero attached hydrogens (tertiary/aromatic N) is 3. The van der Waals surface area contributed by atoms with E-state index in [1.807, 2.05) is 52.2 Å². The number of anilines is 3. The van der Waals surface area contributed by atoms with Crippen LogP contribution in [-0.2, 0) is 17.8 Å². The number of carbonyl (C=O) groups is 1. The second kappa shape index (κ2) is 13.7. The number of carbonyl (C=O) groups excluding carboxylic acids is 1. The molecular formula is C37H48N6O. The first kappa shape index (κ1) is 31.3. The van der Waals surface area contributed by atoms with Crippen LogP contribution in [0.1, 0.15) is 91.9 Å². The van der Waals surface area contributed by atoms with Crippen molar-refractivity contribution in [2.45, 2.75) is 85.1 Å². The maximum absolute atomic E-state index is 14.0. The smallest absolute Gasteiger partial charge is 0.231 e. The highest BCUT2D eigenvalue weighted by Crippen LogP contribution is 2.45. The molecular weight excluding hydrogens is 544 g/mol. The molecule has 1 aliphatic rings. The number of pyridine rings is 1. The SMILES string of the molecule is CNc1ccc(C(c2ccc(C)c(Cn3ccnc3CC3CCCCCC3)c2)C(C)(C)C(=O)Nc2cccnc2)c(C)c1N. The minimum absolute atomic E-state index is 0.0754. The number of nitrogens with one attached hydrogen (secondary N) is 2. The van der Waals surface area contributed by atoms with Gasteiger partial charge in [-0.25, -0.2) is 4.98 Å². The van der Waals surface area contributed by atoms with E-state index in [1.165, 1.54) is 55.5 Å². The van der Waals surface area contributed by atoms with E-state index < -0.39 is 5.41 Å². The van der Waals surface area contributed by atoms with Gasteiger partial charge < -0.3 is 20.9 Å². The Morgan fingerprint density at radius 2 is 1.84 bits per heavy atom. The Hall–Kier alpha value is -4.13. The topological polar surface area (TPSA) is 97.9 Å². The van der Waals surface area contributed by atoms with Crippen molar-refractivity contribution < 1.29 is 4.79 Å². The van der Waals surface area contributed by atoms with Gasteiger partial charge in [-0.1, -0.05) is 76.6 Å². The molecule has 1 atom stereocenters. The number of hydrogen-bond acceptors (Lipinski definition) is 5. The summed E-state index contributed by atoms with van der Waals surface area (Å²) in [7, 11) is 1.88. The summed E-state index contributed by atoms with van der Waals surface area (Å²) in [6.07, 6.45) is 16.4. The number of benzene rings is 2. The molecule has 0 spiro atoms. The van der Waals surface area contributed by atoms with Crippen molar-refractivity contribution in [3.05, 3.63) is 101 Å². The average Bonchev–Trinajstić information content (AvgIpc) is 3.27. The lowest BCUT2D eigenvalue weighted by molar-refractivity contribution is -0.124. The van der Waals surface area contributed by atoms with Gasteiger partial charge in [-0.15, -0.1) is 0 Å². The molecule has 232 valence electrons. The average molecular weight is 593 g/mol. The van der Waals surface area contributed by atoms with Gasteiger partial charge in [0.25, 0.3) is 0 Å². The van der Waals surface area contributed by atoms with Crippen molar-refractivity contribution in [1.82, 2.24) is 14.5 Å². The van der Waals surface area contributed by atoms with Gasteiger partial charge in [0.05, 0.1) is 28.7 Å². The van der Waals surface area contributed by atoms with E-state index >= 15 is 0 Å². The van der Waals surface area contributed by atoms with Gasteiger partial charge in [-0.3, -0.25) is 9.78 Å². The van der Waals surface area contributed by atoms with Crippen LogP contribution in [0.3, 0.4) is 0 Å². The van der Waals surface area contributed by atoms with Gasteiger partial charge in [0.2, 0.25) is 5.91 Å². The van der Waals surface area contributed by atoms with Crippen molar-refractivity contribution >= 4 is 23.0 Å². The molecule has 4 aromatic rings. The lowest BCUT2D eigenvalue weighted by atomic mass is 9.69. The van der Waals surface area contributed by atoms with Crippen LogP contribution in [0.15, 0.2) is 67.3 Å². The molecule has 7 heteroatoms. The van der Waals surface area contributed by atoms with Gasteiger partial charge in [0.1, 0.15) is 5.82 Å². The molecule has 2 heterocycles. The molecule has 5 rings (SSSR count). The molecule has 1 aliphatic carbocycles. The van der Waals surface area contributed by atoms with E-state index in [-0.39, 0.29) is 11.8 Å². The Labute approximate surface area is 262 Å². The summed E-state index contributed by atoms with van der Waals surface area (Å²) in [5.74, 6) is 1.55. The summed E-state index contributed by atoms with van der Waals surface area (Å²) in [4.78, 5) is 23.0. The molecule has 0 bridgehead atoms. The second-order valence-electron chi connectivity index (χ2n) is 13.1. The van der Waals surface area contributed by atoms with Crippen LogP contribution in [0.2, 0.25) is 0 Å². The fourth-order valence-corrected chi connectivity index (χ4v) is 6.85. The van der Waals surface area contributed by atoms with Crippen LogP contribution in [0.5, 0.6) is 0 Å². The van der Waals surface area contributed by atoms with E-state index in [0.29, 0.717) is 17.3 Å². The first-order chi connectivity index (χ1) is 21.2. The summed E-state index contributed by atoms with van der Waals surface area (Å²) in [6, 6.07) is 14.5. The molecule has 0 radical (unpaired) electrons. The van der Waals surface area contributed by atoms with E-state index in [2.05, 4.69) is 57.6 Å². The van der Waals surface area contributed by atoms with E-state index in [0.717, 1.165) is 35.3 Å². The number of imidazole rings is 1. The monoisotopic (exact) mass is 592 g/mol. The van der Waals surface area contributed by atoms with Gasteiger partial charge in [-0.05, 0) is 65.8 Å². The van der Waals surface area contributed by atoms with Crippen LogP contribution >= 0.6 is 0 Å². The van der Waals surface area contributed by atoms with Crippen molar-refractivity contribution in [2.75, 3.05) is 23.4 Å². The van der Waals surface area contributed by atoms with E-state index in [1.54, 1.807) is 12.4 Å². The van der Waals surface area contributed by atoms with Crippen LogP contribution in [0.4, 0.5) is 17.1 Å². The van der Waals surface area contributed by atoms with Gasteiger partial charge in [0.15, 0.2) is 0 Å². The predicted molar refractivity (Wildman–Crippen MR) is 181 cm³/mol. The number of aromatic nitrogens is 3. The number of nitrogens with two attached hydrogens (primary N) is 1. The first-order valence-corrected chi connectivity index (χ1v) is 16.1. The van der Waals surface area contributed by atoms with E-state index in [9.17, 15) is 4.79 Å². The second-order valence-corrected chi connectivity index (χ2v) is 13.1. The summed E-state index contributed by atoms with van der Waals surface area (Å²) >= 11 is 0. The molecule has 2 aromatic carbocycles. The summed E-state index contributed by atoms with van der Waals surface area (Å²) in [5.41, 5.74) is 13.6. The highest BCUT2D eigenvalue weighted by molar-refractivity contribution is 5.96. The predicted octanol–water partition coefficient (Wildman–Crippen LogP) is 7.88. The van der Waals surface area contributed by atoms with Gasteiger partial charge >= 0.3 is 0 Å². The molecule has 1 unspecified atom stereocenters. The van der Waals surface area contributed by atoms with Crippen LogP contribution in [-0.4, -0.2) is 27.5 Å². The quantitative estimate of drug-likeness (QED) is 0.129. The van der Waals surface area contributed by atoms with Crippen molar-refractivity contribution in [3.63, 3.8) is 0 Å². The molecule has 1 amide bonds. The van der Waals surface area contributed by atoms with Crippen LogP contribution in [0, 0.1) is 25.2 Å². The third-order valence-corrected chi connectivity index (χ3v) is 9.66. The number of amides is 1. The minimum Gasteiger partial charge on any atom is -0.397 e. The Bertz CT molecular complexity index is 1570. The van der Waals surface area contributed by atoms with E-state index in [4.69, 9.17) is 10.7 Å². The maximum atomic E-state index is 14.0. The molecule has 0 saturated heterocycles. The number of aryl methyl sites for hydroxylation is 1. The fraction of sp³-hybridized carbons (Fsp3) is 0.432. The lowest BCUT2D eigenvalue weighted by Crippen LogP contribution is -2.37. The van der Waals surface area contributed by atoms with Crippen LogP contribution < -0.4 is 16.4 Å². The number of hydrogen-bond donors (Lipinski definition) is 3. The third kappa shape index (κ3) is 6.82. The molecule has 0 aliphatic heterocycles. The summed E-state index contributed by atoms with van der Waals surface area (Å²) in [5, 5.41) is 6.31. The fourth-order valence-electron chi connectivity index (χ4n) is 6.85. The normalized spacial score (nSPS) is 15.0. The third-order valence-electron chi connectivity index (χ3n) is 9.66. The number of rotatable bonds is 10. The molecule has 1 saturated carbocycles. The van der Waals surface area contributed by atoms with Crippen LogP contribution in [0.25, 0.3) is 0 Å². The molecule has 7 nitrogen and oxygen atoms in total. The molecule has 2 aromatic heterocycles. The summed E-state index contributed by atoms with van der Waals surface area (Å²) < 4.78 is 2.32. The first-order valence-electron chi connectivity index (χ1n) is 16.1. The Morgan fingerprint density at radius 3 is 2.55 bits per heavy atom. The highest BCUT2D eigenvalue weighted by atomic mass is 16.2. The van der Waals surface area contributed by atoms with Crippen molar-refractivity contribution in [1.29, 1.82) is 0 Å². The van der Waals surface area contributed by atoms with Gasteiger partial charge in [-0.2, -0.15) is 0 Å². The Kier molecular flexibility index (Phi) is 9.72. The Balaban J connectivity index is 1.52. The van der Waals surface area contributed by atoms with Crippen molar-refractivity contribution in [2.24, 2.45) is 11.3 Å². The zero-order valence-electron chi connectivity index (χ0n) is 27.0. The lowest BCUT2D eigenvalue weighted by Gasteiger charge is -2.36. The molecule has 1 fully saturated rings. The standard InChI is InChI=1S/C37H48N6O/c1-25-14-15-28(22-29(25)24-43-20-19-41-33(43)21-27-11-8-6-7-9-12-27)34(31-16-17-32(39-5)35(38)26(31)2)37(3,4)36(44)42-30-13-10-18-40-23-30/h10,13-20,22-23,27,34,39H,6-9,11-12,21,24,38H2,1-5H3,(H,42,44). The largest absolute Gasteiger partial charge is 0.397 e. The zero-order valence-corrected chi connectivity index (χ0v) is 27.0. The maximum Gasteiger partial charge on any atom is 0.231 e.